The van der Waals surface area contributed by atoms with Gasteiger partial charge in [-0.05, 0) is 67.6 Å². The van der Waals surface area contributed by atoms with E-state index in [9.17, 15) is 5.26 Å². The van der Waals surface area contributed by atoms with Crippen molar-refractivity contribution in [3.05, 3.63) is 112 Å². The van der Waals surface area contributed by atoms with Gasteiger partial charge in [0.15, 0.2) is 0 Å². The van der Waals surface area contributed by atoms with Crippen LogP contribution in [0.4, 0.5) is 5.69 Å². The van der Waals surface area contributed by atoms with Gasteiger partial charge in [0.2, 0.25) is 0 Å². The van der Waals surface area contributed by atoms with Crippen molar-refractivity contribution < 1.29 is 21.1 Å². The van der Waals surface area contributed by atoms with Crippen molar-refractivity contribution in [2.45, 2.75) is 71.6 Å². The minimum atomic E-state index is -0.513. The monoisotopic (exact) mass is 705 g/mol. The number of pyridine rings is 2. The Morgan fingerprint density at radius 2 is 1.35 bits per heavy atom. The second-order valence-corrected chi connectivity index (χ2v) is 10.8. The van der Waals surface area contributed by atoms with Crippen LogP contribution in [0.3, 0.4) is 0 Å². The molecule has 0 aliphatic carbocycles. The van der Waals surface area contributed by atoms with Crippen LogP contribution in [0, 0.1) is 30.0 Å². The van der Waals surface area contributed by atoms with E-state index < -0.39 is 5.41 Å². The molecule has 0 fully saturated rings. The summed E-state index contributed by atoms with van der Waals surface area (Å²) in [6.07, 6.45) is 2.01. The molecule has 0 saturated carbocycles. The van der Waals surface area contributed by atoms with Gasteiger partial charge in [-0.25, -0.2) is 0 Å². The molecule has 0 aliphatic rings. The van der Waals surface area contributed by atoms with Gasteiger partial charge in [0.25, 0.3) is 0 Å². The first-order valence-electron chi connectivity index (χ1n) is 13.6. The number of hydrogen-bond donors (Lipinski definition) is 0. The van der Waals surface area contributed by atoms with Crippen LogP contribution in [0.5, 0.6) is 0 Å². The van der Waals surface area contributed by atoms with Crippen molar-refractivity contribution >= 4 is 5.69 Å². The van der Waals surface area contributed by atoms with Gasteiger partial charge >= 0.3 is 21.1 Å². The summed E-state index contributed by atoms with van der Waals surface area (Å²) in [4.78, 5) is 13.9. The first-order valence-corrected chi connectivity index (χ1v) is 13.6. The number of aromatic nitrogens is 2. The molecule has 0 bridgehead atoms. The van der Waals surface area contributed by atoms with Crippen LogP contribution in [0.15, 0.2) is 60.7 Å². The topological polar surface area (TPSA) is 53.9 Å². The Bertz CT molecular complexity index is 1460. The van der Waals surface area contributed by atoms with Crippen molar-refractivity contribution in [3.8, 4) is 28.6 Å². The molecule has 2 unspecified atom stereocenters. The maximum absolute atomic E-state index is 9.45. The van der Waals surface area contributed by atoms with Crippen molar-refractivity contribution in [1.82, 2.24) is 9.97 Å². The predicted molar refractivity (Wildman–Crippen MR) is 158 cm³/mol. The Kier molecular flexibility index (Phi) is 10.2. The molecule has 2 aromatic heterocycles. The van der Waals surface area contributed by atoms with Crippen LogP contribution in [0.1, 0.15) is 94.3 Å². The number of nitriles is 1. The molecular weight excluding hydrogens is 671 g/mol. The zero-order valence-electron chi connectivity index (χ0n) is 23.9. The predicted octanol–water partition coefficient (Wildman–Crippen LogP) is 9.18. The average Bonchev–Trinajstić information content (AvgIpc) is 2.99. The first-order chi connectivity index (χ1) is 18.7. The third kappa shape index (κ3) is 6.58. The fourth-order valence-electron chi connectivity index (χ4n) is 4.55. The maximum atomic E-state index is 9.45. The third-order valence-electron chi connectivity index (χ3n) is 7.74. The minimum absolute atomic E-state index is 0. The normalized spacial score (nSPS) is 12.5. The molecule has 2 atom stereocenters. The van der Waals surface area contributed by atoms with Gasteiger partial charge in [0, 0.05) is 16.8 Å². The Morgan fingerprint density at radius 3 is 1.82 bits per heavy atom. The molecular formula is C35H34N4Pt. The van der Waals surface area contributed by atoms with Crippen molar-refractivity contribution in [3.63, 3.8) is 0 Å². The third-order valence-corrected chi connectivity index (χ3v) is 7.74. The Labute approximate surface area is 253 Å². The van der Waals surface area contributed by atoms with E-state index in [2.05, 4.69) is 88.9 Å². The average molecular weight is 706 g/mol. The SMILES string of the molecule is [C-]#[N+]c1cc[c-]c(-c2cc(C(C)CC)cc(C(C)(C)c3cc(C(C)CC)cc(-c4[c-]ccc(C#N)c4)n3)n2)c1.[Pt+2]. The summed E-state index contributed by atoms with van der Waals surface area (Å²) in [6, 6.07) is 28.3. The number of hydrogen-bond acceptors (Lipinski definition) is 3. The number of nitrogens with zero attached hydrogens (tertiary/aromatic N) is 4. The minimum Gasteiger partial charge on any atom is -0.300 e. The summed E-state index contributed by atoms with van der Waals surface area (Å²) in [7, 11) is 0. The number of benzene rings is 2. The van der Waals surface area contributed by atoms with E-state index in [0.29, 0.717) is 23.1 Å². The molecule has 204 valence electrons. The molecule has 0 saturated heterocycles. The summed E-state index contributed by atoms with van der Waals surface area (Å²) in [5, 5.41) is 9.45. The summed E-state index contributed by atoms with van der Waals surface area (Å²) in [5.74, 6) is 0.699. The van der Waals surface area contributed by atoms with Crippen LogP contribution in [0.2, 0.25) is 0 Å². The van der Waals surface area contributed by atoms with E-state index in [-0.39, 0.29) is 21.1 Å². The quantitative estimate of drug-likeness (QED) is 0.172. The fraction of sp³-hybridized carbons (Fsp3) is 0.314. The van der Waals surface area contributed by atoms with E-state index in [1.165, 1.54) is 11.1 Å². The maximum Gasteiger partial charge on any atom is 2.00 e. The summed E-state index contributed by atoms with van der Waals surface area (Å²) in [5.41, 5.74) is 8.16. The van der Waals surface area contributed by atoms with Crippen LogP contribution in [-0.4, -0.2) is 9.97 Å². The molecule has 0 aliphatic heterocycles. The van der Waals surface area contributed by atoms with Gasteiger partial charge in [-0.2, -0.15) is 11.3 Å². The van der Waals surface area contributed by atoms with Crippen molar-refractivity contribution in [2.75, 3.05) is 0 Å². The Balaban J connectivity index is 0.00000441. The van der Waals surface area contributed by atoms with Crippen LogP contribution < -0.4 is 0 Å². The molecule has 4 rings (SSSR count). The van der Waals surface area contributed by atoms with Crippen molar-refractivity contribution in [2.24, 2.45) is 0 Å². The van der Waals surface area contributed by atoms with Gasteiger partial charge < -0.3 is 9.97 Å². The molecule has 40 heavy (non-hydrogen) atoms. The van der Waals surface area contributed by atoms with Gasteiger partial charge in [0.05, 0.1) is 12.6 Å². The molecule has 4 nitrogen and oxygen atoms in total. The van der Waals surface area contributed by atoms with E-state index in [0.717, 1.165) is 46.7 Å². The van der Waals surface area contributed by atoms with Crippen molar-refractivity contribution in [1.29, 1.82) is 5.26 Å². The molecule has 0 radical (unpaired) electrons. The molecule has 0 spiro atoms. The van der Waals surface area contributed by atoms with E-state index in [4.69, 9.17) is 16.5 Å². The molecule has 0 N–H and O–H groups in total. The van der Waals surface area contributed by atoms with E-state index >= 15 is 0 Å². The molecule has 0 amide bonds. The smallest absolute Gasteiger partial charge is 0.300 e. The largest absolute Gasteiger partial charge is 2.00 e. The summed E-state index contributed by atoms with van der Waals surface area (Å²) < 4.78 is 0. The second-order valence-electron chi connectivity index (χ2n) is 10.8. The summed E-state index contributed by atoms with van der Waals surface area (Å²) >= 11 is 0. The number of rotatable bonds is 8. The van der Waals surface area contributed by atoms with E-state index in [1.54, 1.807) is 24.3 Å². The van der Waals surface area contributed by atoms with Gasteiger partial charge in [0.1, 0.15) is 5.69 Å². The Morgan fingerprint density at radius 1 is 0.850 bits per heavy atom. The Hall–Kier alpha value is -3.59. The molecule has 2 aromatic carbocycles. The first kappa shape index (κ1) is 30.9. The van der Waals surface area contributed by atoms with Gasteiger partial charge in [-0.1, -0.05) is 51.0 Å². The molecule has 5 heteroatoms. The fourth-order valence-corrected chi connectivity index (χ4v) is 4.55. The zero-order valence-corrected chi connectivity index (χ0v) is 26.2. The summed E-state index contributed by atoms with van der Waals surface area (Å²) in [6.45, 7) is 20.6. The van der Waals surface area contributed by atoms with Crippen LogP contribution in [-0.2, 0) is 26.5 Å². The zero-order chi connectivity index (χ0) is 28.2. The van der Waals surface area contributed by atoms with Gasteiger partial charge in [-0.15, -0.1) is 53.6 Å². The van der Waals surface area contributed by atoms with Gasteiger partial charge in [-0.3, -0.25) is 4.85 Å². The standard InChI is InChI=1S/C35H34N4.Pt/c1-8-23(3)28-18-31(26-13-10-12-25(16-26)22-36)38-33(20-28)35(5,6)34-21-29(24(4)9-2)19-32(39-34)27-14-11-15-30(17-27)37-7;/h10-12,15-21,23-24H,8-9H2,1-6H3;/q-2;+2. The second kappa shape index (κ2) is 13.2. The van der Waals surface area contributed by atoms with E-state index in [1.807, 2.05) is 12.1 Å². The van der Waals surface area contributed by atoms with Crippen LogP contribution >= 0.6 is 0 Å². The molecule has 2 heterocycles. The van der Waals surface area contributed by atoms with Crippen LogP contribution in [0.25, 0.3) is 27.4 Å². The molecule has 4 aromatic rings.